The van der Waals surface area contributed by atoms with Gasteiger partial charge in [0, 0.05) is 0 Å². The molecular weight excluding hydrogens is 275 g/mol. The Kier molecular flexibility index (Phi) is 5.38. The maximum atomic E-state index is 11.9. The average Bonchev–Trinajstić information content (AvgIpc) is 2.33. The molecule has 0 aliphatic carbocycles. The summed E-state index contributed by atoms with van der Waals surface area (Å²) < 4.78 is 40.8. The van der Waals surface area contributed by atoms with Crippen LogP contribution in [0.1, 0.15) is 24.2 Å². The Labute approximate surface area is 114 Å². The molecule has 0 aliphatic rings. The highest BCUT2D eigenvalue weighted by Crippen LogP contribution is 2.22. The molecule has 7 heteroatoms. The van der Waals surface area contributed by atoms with Gasteiger partial charge in [0.1, 0.15) is 12.3 Å². The van der Waals surface area contributed by atoms with Gasteiger partial charge in [0.05, 0.1) is 6.10 Å². The van der Waals surface area contributed by atoms with Gasteiger partial charge in [0.2, 0.25) is 0 Å². The van der Waals surface area contributed by atoms with Gasteiger partial charge in [-0.25, -0.2) is 0 Å². The predicted octanol–water partition coefficient (Wildman–Crippen LogP) is 2.11. The molecule has 0 aromatic heterocycles. The first-order valence-electron chi connectivity index (χ1n) is 5.94. The number of hydrogen-bond donors (Lipinski definition) is 2. The van der Waals surface area contributed by atoms with E-state index in [2.05, 4.69) is 0 Å². The molecule has 0 heterocycles. The largest absolute Gasteiger partial charge is 0.484 e. The maximum Gasteiger partial charge on any atom is 0.405 e. The molecule has 112 valence electrons. The van der Waals surface area contributed by atoms with Crippen LogP contribution in [0.5, 0.6) is 5.75 Å². The van der Waals surface area contributed by atoms with E-state index in [0.717, 1.165) is 0 Å². The van der Waals surface area contributed by atoms with Crippen LogP contribution in [0.4, 0.5) is 13.2 Å². The van der Waals surface area contributed by atoms with Crippen molar-refractivity contribution in [3.05, 3.63) is 29.3 Å². The van der Waals surface area contributed by atoms with Crippen molar-refractivity contribution in [2.24, 2.45) is 0 Å². The van der Waals surface area contributed by atoms with Crippen molar-refractivity contribution in [1.82, 2.24) is 5.32 Å². The van der Waals surface area contributed by atoms with Crippen LogP contribution in [0.25, 0.3) is 0 Å². The number of rotatable bonds is 5. The van der Waals surface area contributed by atoms with Gasteiger partial charge in [-0.05, 0) is 37.1 Å². The molecule has 1 rings (SSSR count). The summed E-state index contributed by atoms with van der Waals surface area (Å²) in [4.78, 5) is 11.2. The topological polar surface area (TPSA) is 58.6 Å². The molecule has 1 atom stereocenters. The fourth-order valence-corrected chi connectivity index (χ4v) is 1.49. The van der Waals surface area contributed by atoms with Crippen molar-refractivity contribution < 1.29 is 27.8 Å². The summed E-state index contributed by atoms with van der Waals surface area (Å²) in [7, 11) is 0. The van der Waals surface area contributed by atoms with Crippen LogP contribution in [0.3, 0.4) is 0 Å². The van der Waals surface area contributed by atoms with Crippen molar-refractivity contribution in [2.75, 3.05) is 13.2 Å². The molecule has 0 aliphatic heterocycles. The quantitative estimate of drug-likeness (QED) is 0.873. The standard InChI is InChI=1S/C13H16F3NO3/c1-8-5-10(9(2)18)3-4-11(8)20-6-12(19)17-7-13(14,15)16/h3-5,9,18H,6-7H2,1-2H3,(H,17,19)/t9-/m1/s1. The first-order chi connectivity index (χ1) is 9.19. The van der Waals surface area contributed by atoms with Gasteiger partial charge in [-0.1, -0.05) is 6.07 Å². The summed E-state index contributed by atoms with van der Waals surface area (Å²) in [5, 5.41) is 11.1. The number of halogens is 3. The number of ether oxygens (including phenoxy) is 1. The highest BCUT2D eigenvalue weighted by Gasteiger charge is 2.27. The Morgan fingerprint density at radius 3 is 2.60 bits per heavy atom. The van der Waals surface area contributed by atoms with Crippen LogP contribution in [0.2, 0.25) is 0 Å². The van der Waals surface area contributed by atoms with Gasteiger partial charge in [-0.2, -0.15) is 13.2 Å². The zero-order chi connectivity index (χ0) is 15.3. The first kappa shape index (κ1) is 16.3. The Morgan fingerprint density at radius 2 is 2.10 bits per heavy atom. The number of hydrogen-bond acceptors (Lipinski definition) is 3. The summed E-state index contributed by atoms with van der Waals surface area (Å²) in [5.74, 6) is -0.460. The van der Waals surface area contributed by atoms with E-state index in [1.807, 2.05) is 0 Å². The average molecular weight is 291 g/mol. The molecule has 0 fully saturated rings. The number of benzene rings is 1. The van der Waals surface area contributed by atoms with Gasteiger partial charge < -0.3 is 15.2 Å². The summed E-state index contributed by atoms with van der Waals surface area (Å²) in [6.45, 7) is 1.45. The number of aryl methyl sites for hydroxylation is 1. The number of carbonyl (C=O) groups excluding carboxylic acids is 1. The number of aliphatic hydroxyl groups is 1. The molecule has 4 nitrogen and oxygen atoms in total. The monoisotopic (exact) mass is 291 g/mol. The second kappa shape index (κ2) is 6.60. The smallest absolute Gasteiger partial charge is 0.405 e. The predicted molar refractivity (Wildman–Crippen MR) is 66.4 cm³/mol. The molecule has 0 bridgehead atoms. The van der Waals surface area contributed by atoms with E-state index in [9.17, 15) is 23.1 Å². The van der Waals surface area contributed by atoms with E-state index in [1.54, 1.807) is 37.4 Å². The number of alkyl halides is 3. The number of carbonyl (C=O) groups is 1. The van der Waals surface area contributed by atoms with Gasteiger partial charge >= 0.3 is 6.18 Å². The fourth-order valence-electron chi connectivity index (χ4n) is 1.49. The van der Waals surface area contributed by atoms with E-state index >= 15 is 0 Å². The molecule has 2 N–H and O–H groups in total. The van der Waals surface area contributed by atoms with Crippen molar-refractivity contribution in [2.45, 2.75) is 26.1 Å². The lowest BCUT2D eigenvalue weighted by Gasteiger charge is -2.12. The SMILES string of the molecule is Cc1cc([C@@H](C)O)ccc1OCC(=O)NCC(F)(F)F. The van der Waals surface area contributed by atoms with E-state index in [0.29, 0.717) is 16.9 Å². The lowest BCUT2D eigenvalue weighted by Crippen LogP contribution is -2.36. The number of nitrogens with one attached hydrogen (secondary N) is 1. The molecule has 0 saturated heterocycles. The molecule has 0 radical (unpaired) electrons. The second-order valence-electron chi connectivity index (χ2n) is 4.38. The third kappa shape index (κ3) is 5.48. The Balaban J connectivity index is 2.51. The van der Waals surface area contributed by atoms with Gasteiger partial charge in [0.25, 0.3) is 5.91 Å². The number of aliphatic hydroxyl groups excluding tert-OH is 1. The molecule has 1 aromatic carbocycles. The maximum absolute atomic E-state index is 11.9. The third-order valence-electron chi connectivity index (χ3n) is 2.53. The van der Waals surface area contributed by atoms with E-state index < -0.39 is 31.3 Å². The zero-order valence-electron chi connectivity index (χ0n) is 11.1. The molecule has 1 amide bonds. The van der Waals surface area contributed by atoms with Gasteiger partial charge in [-0.3, -0.25) is 4.79 Å². The summed E-state index contributed by atoms with van der Waals surface area (Å²) in [6.07, 6.45) is -5.07. The Hall–Kier alpha value is -1.76. The molecule has 0 spiro atoms. The summed E-state index contributed by atoms with van der Waals surface area (Å²) in [6, 6.07) is 4.88. The van der Waals surface area contributed by atoms with Crippen LogP contribution in [-0.2, 0) is 4.79 Å². The molecule has 20 heavy (non-hydrogen) atoms. The van der Waals surface area contributed by atoms with Gasteiger partial charge in [-0.15, -0.1) is 0 Å². The van der Waals surface area contributed by atoms with Crippen molar-refractivity contribution >= 4 is 5.91 Å². The van der Waals surface area contributed by atoms with E-state index in [4.69, 9.17) is 4.74 Å². The lowest BCUT2D eigenvalue weighted by atomic mass is 10.1. The highest BCUT2D eigenvalue weighted by atomic mass is 19.4. The van der Waals surface area contributed by atoms with Crippen LogP contribution in [0.15, 0.2) is 18.2 Å². The third-order valence-corrected chi connectivity index (χ3v) is 2.53. The van der Waals surface area contributed by atoms with Crippen LogP contribution >= 0.6 is 0 Å². The van der Waals surface area contributed by atoms with Crippen molar-refractivity contribution in [1.29, 1.82) is 0 Å². The Bertz CT molecular complexity index is 472. The summed E-state index contributed by atoms with van der Waals surface area (Å²) in [5.41, 5.74) is 1.38. The van der Waals surface area contributed by atoms with Crippen molar-refractivity contribution in [3.63, 3.8) is 0 Å². The normalized spacial score (nSPS) is 12.9. The molecule has 0 saturated carbocycles. The van der Waals surface area contributed by atoms with Gasteiger partial charge in [0.15, 0.2) is 6.61 Å². The minimum atomic E-state index is -4.44. The minimum absolute atomic E-state index is 0.386. The lowest BCUT2D eigenvalue weighted by molar-refractivity contribution is -0.139. The fraction of sp³-hybridized carbons (Fsp3) is 0.462. The van der Waals surface area contributed by atoms with Crippen LogP contribution < -0.4 is 10.1 Å². The highest BCUT2D eigenvalue weighted by molar-refractivity contribution is 5.77. The van der Waals surface area contributed by atoms with Crippen LogP contribution in [-0.4, -0.2) is 30.3 Å². The number of amides is 1. The van der Waals surface area contributed by atoms with E-state index in [-0.39, 0.29) is 0 Å². The molecular formula is C13H16F3NO3. The zero-order valence-corrected chi connectivity index (χ0v) is 11.1. The molecule has 0 unspecified atom stereocenters. The summed E-state index contributed by atoms with van der Waals surface area (Å²) >= 11 is 0. The van der Waals surface area contributed by atoms with E-state index in [1.165, 1.54) is 0 Å². The van der Waals surface area contributed by atoms with Crippen molar-refractivity contribution in [3.8, 4) is 5.75 Å². The Morgan fingerprint density at radius 1 is 1.45 bits per heavy atom. The first-order valence-corrected chi connectivity index (χ1v) is 5.94. The van der Waals surface area contributed by atoms with Crippen LogP contribution in [0, 0.1) is 6.92 Å². The minimum Gasteiger partial charge on any atom is -0.484 e. The molecule has 1 aromatic rings. The second-order valence-corrected chi connectivity index (χ2v) is 4.38.